The van der Waals surface area contributed by atoms with Crippen molar-refractivity contribution in [1.29, 1.82) is 0 Å². The number of H-pyrrole nitrogens is 1. The molecule has 1 aromatic heterocycles. The maximum Gasteiger partial charge on any atom is 0.275 e. The lowest BCUT2D eigenvalue weighted by Gasteiger charge is -2.34. The van der Waals surface area contributed by atoms with E-state index in [1.165, 1.54) is 12.8 Å². The minimum absolute atomic E-state index is 0.0530. The summed E-state index contributed by atoms with van der Waals surface area (Å²) in [6.45, 7) is 1.64. The molecule has 110 valence electrons. The second-order valence-corrected chi connectivity index (χ2v) is 6.85. The van der Waals surface area contributed by atoms with E-state index in [0.29, 0.717) is 17.7 Å². The lowest BCUT2D eigenvalue weighted by Crippen LogP contribution is -2.44. The number of hydrogen-bond acceptors (Lipinski definition) is 3. The van der Waals surface area contributed by atoms with Crippen molar-refractivity contribution >= 4 is 21.8 Å². The lowest BCUT2D eigenvalue weighted by molar-refractivity contribution is 0.0656. The van der Waals surface area contributed by atoms with Gasteiger partial charge in [-0.2, -0.15) is 5.10 Å². The zero-order valence-electron chi connectivity index (χ0n) is 12.0. The minimum Gasteiger partial charge on any atom is -0.337 e. The third kappa shape index (κ3) is 2.63. The van der Waals surface area contributed by atoms with Gasteiger partial charge in [-0.3, -0.25) is 9.89 Å². The van der Waals surface area contributed by atoms with Crippen LogP contribution in [0.2, 0.25) is 0 Å². The number of likely N-dealkylation sites (tertiary alicyclic amines) is 1. The number of piperidine rings is 1. The van der Waals surface area contributed by atoms with Gasteiger partial charge < -0.3 is 9.80 Å². The van der Waals surface area contributed by atoms with E-state index in [1.54, 1.807) is 0 Å². The minimum atomic E-state index is 0.0530. The summed E-state index contributed by atoms with van der Waals surface area (Å²) in [5.41, 5.74) is 1.65. The summed E-state index contributed by atoms with van der Waals surface area (Å²) in [6, 6.07) is 0.587. The Morgan fingerprint density at radius 1 is 1.30 bits per heavy atom. The molecule has 0 atom stereocenters. The van der Waals surface area contributed by atoms with Crippen LogP contribution < -0.4 is 0 Å². The van der Waals surface area contributed by atoms with Gasteiger partial charge in [-0.05, 0) is 55.7 Å². The summed E-state index contributed by atoms with van der Waals surface area (Å²) in [5, 5.41) is 7.26. The van der Waals surface area contributed by atoms with Crippen molar-refractivity contribution in [3.05, 3.63) is 15.9 Å². The van der Waals surface area contributed by atoms with Crippen LogP contribution >= 0.6 is 15.9 Å². The smallest absolute Gasteiger partial charge is 0.275 e. The van der Waals surface area contributed by atoms with Crippen LogP contribution in [0, 0.1) is 0 Å². The van der Waals surface area contributed by atoms with Crippen LogP contribution in [0.15, 0.2) is 4.47 Å². The number of carbonyl (C=O) groups is 1. The third-order valence-corrected chi connectivity index (χ3v) is 5.21. The molecule has 0 aromatic carbocycles. The summed E-state index contributed by atoms with van der Waals surface area (Å²) in [6.07, 6.45) is 4.47. The van der Waals surface area contributed by atoms with E-state index >= 15 is 0 Å². The number of nitrogens with one attached hydrogen (secondary N) is 1. The number of hydrogen-bond donors (Lipinski definition) is 1. The highest BCUT2D eigenvalue weighted by Gasteiger charge is 2.32. The molecule has 1 N–H and O–H groups in total. The monoisotopic (exact) mass is 340 g/mol. The van der Waals surface area contributed by atoms with Crippen molar-refractivity contribution in [3.8, 4) is 0 Å². The first-order valence-electron chi connectivity index (χ1n) is 7.27. The summed E-state index contributed by atoms with van der Waals surface area (Å²) in [5.74, 6) is 0.620. The third-order valence-electron chi connectivity index (χ3n) is 4.40. The fourth-order valence-corrected chi connectivity index (χ4v) is 3.53. The first kappa shape index (κ1) is 14.1. The molecule has 2 fully saturated rings. The van der Waals surface area contributed by atoms with E-state index in [9.17, 15) is 4.79 Å². The number of aromatic nitrogens is 2. The Morgan fingerprint density at radius 2 is 1.95 bits per heavy atom. The van der Waals surface area contributed by atoms with Crippen molar-refractivity contribution < 1.29 is 4.79 Å². The van der Waals surface area contributed by atoms with Crippen molar-refractivity contribution in [2.24, 2.45) is 0 Å². The predicted octanol–water partition coefficient (Wildman–Crippen LogP) is 2.22. The summed E-state index contributed by atoms with van der Waals surface area (Å²) < 4.78 is 0.875. The maximum atomic E-state index is 12.6. The van der Waals surface area contributed by atoms with Gasteiger partial charge >= 0.3 is 0 Å². The van der Waals surface area contributed by atoms with Crippen molar-refractivity contribution in [3.63, 3.8) is 0 Å². The quantitative estimate of drug-likeness (QED) is 0.917. The molecule has 0 unspecified atom stereocenters. The topological polar surface area (TPSA) is 52.2 Å². The molecule has 0 radical (unpaired) electrons. The highest BCUT2D eigenvalue weighted by atomic mass is 79.9. The van der Waals surface area contributed by atoms with Crippen molar-refractivity contribution in [2.75, 3.05) is 27.2 Å². The molecule has 0 bridgehead atoms. The Labute approximate surface area is 127 Å². The fraction of sp³-hybridized carbons (Fsp3) is 0.714. The molecule has 0 spiro atoms. The first-order chi connectivity index (χ1) is 9.58. The van der Waals surface area contributed by atoms with Crippen LogP contribution in [0.5, 0.6) is 0 Å². The maximum absolute atomic E-state index is 12.6. The second kappa shape index (κ2) is 5.48. The van der Waals surface area contributed by atoms with Crippen LogP contribution in [-0.4, -0.2) is 59.1 Å². The highest BCUT2D eigenvalue weighted by molar-refractivity contribution is 9.10. The molecule has 2 heterocycles. The number of carbonyl (C=O) groups excluding carboxylic acids is 1. The molecule has 1 aliphatic carbocycles. The normalized spacial score (nSPS) is 20.7. The van der Waals surface area contributed by atoms with Crippen LogP contribution in [-0.2, 0) is 0 Å². The zero-order chi connectivity index (χ0) is 14.3. The molecule has 1 saturated heterocycles. The number of nitrogens with zero attached hydrogens (tertiary/aromatic N) is 3. The van der Waals surface area contributed by atoms with E-state index in [-0.39, 0.29) is 5.91 Å². The molecule has 1 aliphatic heterocycles. The van der Waals surface area contributed by atoms with Gasteiger partial charge in [0, 0.05) is 25.0 Å². The molecule has 3 rings (SSSR count). The number of amides is 1. The zero-order valence-corrected chi connectivity index (χ0v) is 13.6. The average molecular weight is 341 g/mol. The van der Waals surface area contributed by atoms with Gasteiger partial charge in [-0.15, -0.1) is 0 Å². The van der Waals surface area contributed by atoms with Gasteiger partial charge in [-0.25, -0.2) is 0 Å². The summed E-state index contributed by atoms with van der Waals surface area (Å²) >= 11 is 3.54. The molecule has 5 nitrogen and oxygen atoms in total. The van der Waals surface area contributed by atoms with Crippen LogP contribution in [0.3, 0.4) is 0 Å². The van der Waals surface area contributed by atoms with Gasteiger partial charge in [0.15, 0.2) is 5.69 Å². The highest BCUT2D eigenvalue weighted by Crippen LogP contribution is 2.43. The summed E-state index contributed by atoms with van der Waals surface area (Å²) in [7, 11) is 4.21. The SMILES string of the molecule is CN(C)C1CCN(C(=O)c2n[nH]c(C3CC3)c2Br)CC1. The second-order valence-electron chi connectivity index (χ2n) is 6.06. The van der Waals surface area contributed by atoms with E-state index in [0.717, 1.165) is 36.1 Å². The Bertz CT molecular complexity index is 501. The van der Waals surface area contributed by atoms with Crippen LogP contribution in [0.4, 0.5) is 0 Å². The van der Waals surface area contributed by atoms with Gasteiger partial charge in [0.25, 0.3) is 5.91 Å². The Kier molecular flexibility index (Phi) is 3.86. The van der Waals surface area contributed by atoms with Gasteiger partial charge in [0.1, 0.15) is 0 Å². The van der Waals surface area contributed by atoms with Crippen LogP contribution in [0.25, 0.3) is 0 Å². The number of halogens is 1. The van der Waals surface area contributed by atoms with E-state index in [4.69, 9.17) is 0 Å². The fourth-order valence-electron chi connectivity index (χ4n) is 2.86. The van der Waals surface area contributed by atoms with Gasteiger partial charge in [0.05, 0.1) is 10.2 Å². The predicted molar refractivity (Wildman–Crippen MR) is 80.9 cm³/mol. The Balaban J connectivity index is 1.67. The van der Waals surface area contributed by atoms with Crippen LogP contribution in [0.1, 0.15) is 47.8 Å². The molecule has 6 heteroatoms. The number of rotatable bonds is 3. The number of aromatic amines is 1. The van der Waals surface area contributed by atoms with Gasteiger partial charge in [-0.1, -0.05) is 0 Å². The molecule has 2 aliphatic rings. The van der Waals surface area contributed by atoms with Crippen molar-refractivity contribution in [2.45, 2.75) is 37.6 Å². The lowest BCUT2D eigenvalue weighted by atomic mass is 10.0. The van der Waals surface area contributed by atoms with E-state index in [1.807, 2.05) is 4.90 Å². The first-order valence-corrected chi connectivity index (χ1v) is 8.06. The Morgan fingerprint density at radius 3 is 2.50 bits per heavy atom. The molecular weight excluding hydrogens is 320 g/mol. The molecule has 1 saturated carbocycles. The molecule has 1 aromatic rings. The standard InChI is InChI=1S/C14H21BrN4O/c1-18(2)10-5-7-19(8-6-10)14(20)13-11(15)12(16-17-13)9-3-4-9/h9-10H,3-8H2,1-2H3,(H,16,17). The van der Waals surface area contributed by atoms with Gasteiger partial charge in [0.2, 0.25) is 0 Å². The van der Waals surface area contributed by atoms with E-state index in [2.05, 4.69) is 45.1 Å². The molecule has 20 heavy (non-hydrogen) atoms. The average Bonchev–Trinajstić information content (AvgIpc) is 3.21. The Hall–Kier alpha value is -0.880. The largest absolute Gasteiger partial charge is 0.337 e. The molecular formula is C14H21BrN4O. The summed E-state index contributed by atoms with van der Waals surface area (Å²) in [4.78, 5) is 16.7. The van der Waals surface area contributed by atoms with E-state index < -0.39 is 0 Å². The molecule has 1 amide bonds. The van der Waals surface area contributed by atoms with Crippen molar-refractivity contribution in [1.82, 2.24) is 20.0 Å².